The highest BCUT2D eigenvalue weighted by molar-refractivity contribution is 5.64. The monoisotopic (exact) mass is 235 g/mol. The van der Waals surface area contributed by atoms with Crippen molar-refractivity contribution in [2.24, 2.45) is 0 Å². The average Bonchev–Trinajstić information content (AvgIpc) is 2.40. The number of rotatable bonds is 2. The van der Waals surface area contributed by atoms with Crippen LogP contribution in [-0.2, 0) is 0 Å². The highest BCUT2D eigenvalue weighted by Crippen LogP contribution is 2.18. The highest BCUT2D eigenvalue weighted by Gasteiger charge is 1.95. The van der Waals surface area contributed by atoms with Gasteiger partial charge in [-0.05, 0) is 37.4 Å². The van der Waals surface area contributed by atoms with E-state index in [1.807, 2.05) is 20.2 Å². The first-order valence-electron chi connectivity index (χ1n) is 6.05. The van der Waals surface area contributed by atoms with Gasteiger partial charge in [-0.15, -0.1) is 0 Å². The van der Waals surface area contributed by atoms with Gasteiger partial charge in [-0.1, -0.05) is 54.3 Å². The summed E-state index contributed by atoms with van der Waals surface area (Å²) < 4.78 is 0. The largest absolute Gasteiger partial charge is 0.299 e. The molecule has 0 radical (unpaired) electrons. The van der Waals surface area contributed by atoms with E-state index in [1.54, 1.807) is 0 Å². The molecule has 0 atom stereocenters. The van der Waals surface area contributed by atoms with Crippen LogP contribution in [0.4, 0.5) is 0 Å². The summed E-state index contributed by atoms with van der Waals surface area (Å²) in [6.45, 7) is 0.792. The fraction of sp³-hybridized carbons (Fsp3) is 0.176. The Hall–Kier alpha value is -2.04. The Balaban J connectivity index is 2.13. The molecule has 0 aliphatic rings. The Kier molecular flexibility index (Phi) is 4.17. The lowest BCUT2D eigenvalue weighted by atomic mass is 10.0. The van der Waals surface area contributed by atoms with Crippen LogP contribution in [0.5, 0.6) is 0 Å². The summed E-state index contributed by atoms with van der Waals surface area (Å²) in [5.41, 5.74) is 3.54. The quantitative estimate of drug-likeness (QED) is 0.722. The smallest absolute Gasteiger partial charge is 0.0600 e. The molecule has 1 nitrogen and oxygen atoms in total. The second kappa shape index (κ2) is 6.05. The Bertz CT molecular complexity index is 542. The normalized spacial score (nSPS) is 9.94. The third kappa shape index (κ3) is 3.48. The average molecular weight is 235 g/mol. The molecule has 2 rings (SSSR count). The molecule has 0 aromatic heterocycles. The molecule has 0 fully saturated rings. The van der Waals surface area contributed by atoms with E-state index in [0.29, 0.717) is 0 Å². The summed E-state index contributed by atoms with van der Waals surface area (Å²) in [4.78, 5) is 2.06. The van der Waals surface area contributed by atoms with Crippen molar-refractivity contribution < 1.29 is 0 Å². The van der Waals surface area contributed by atoms with Crippen LogP contribution in [-0.4, -0.2) is 25.5 Å². The summed E-state index contributed by atoms with van der Waals surface area (Å²) in [7, 11) is 4.04. The van der Waals surface area contributed by atoms with Crippen molar-refractivity contribution in [2.45, 2.75) is 0 Å². The SMILES string of the molecule is CN(C)CC#Cc1ccc(-c2ccccc2)cc1. The molecule has 0 saturated heterocycles. The molecule has 2 aromatic carbocycles. The van der Waals surface area contributed by atoms with Crippen molar-refractivity contribution in [3.05, 3.63) is 60.2 Å². The second-order valence-corrected chi connectivity index (χ2v) is 4.48. The summed E-state index contributed by atoms with van der Waals surface area (Å²) in [6.07, 6.45) is 0. The van der Waals surface area contributed by atoms with Gasteiger partial charge in [0.15, 0.2) is 0 Å². The maximum absolute atomic E-state index is 3.16. The van der Waals surface area contributed by atoms with Crippen molar-refractivity contribution in [3.63, 3.8) is 0 Å². The molecule has 2 aromatic rings. The second-order valence-electron chi connectivity index (χ2n) is 4.48. The Morgan fingerprint density at radius 1 is 0.833 bits per heavy atom. The minimum absolute atomic E-state index is 0.792. The van der Waals surface area contributed by atoms with Crippen molar-refractivity contribution in [2.75, 3.05) is 20.6 Å². The molecule has 0 N–H and O–H groups in total. The Labute approximate surface area is 109 Å². The van der Waals surface area contributed by atoms with Crippen molar-refractivity contribution >= 4 is 0 Å². The van der Waals surface area contributed by atoms with Gasteiger partial charge in [0.05, 0.1) is 6.54 Å². The zero-order valence-corrected chi connectivity index (χ0v) is 10.9. The molecule has 0 aliphatic carbocycles. The predicted molar refractivity (Wildman–Crippen MR) is 77.3 cm³/mol. The molecule has 0 amide bonds. The van der Waals surface area contributed by atoms with Gasteiger partial charge in [-0.3, -0.25) is 4.90 Å². The molecule has 1 heteroatoms. The van der Waals surface area contributed by atoms with Crippen molar-refractivity contribution in [1.82, 2.24) is 4.90 Å². The molecule has 18 heavy (non-hydrogen) atoms. The van der Waals surface area contributed by atoms with E-state index in [9.17, 15) is 0 Å². The zero-order chi connectivity index (χ0) is 12.8. The lowest BCUT2D eigenvalue weighted by Gasteiger charge is -2.02. The van der Waals surface area contributed by atoms with Crippen LogP contribution in [0.2, 0.25) is 0 Å². The van der Waals surface area contributed by atoms with Crippen LogP contribution in [0.3, 0.4) is 0 Å². The van der Waals surface area contributed by atoms with E-state index < -0.39 is 0 Å². The molecule has 0 aliphatic heterocycles. The Morgan fingerprint density at radius 3 is 2.06 bits per heavy atom. The zero-order valence-electron chi connectivity index (χ0n) is 10.9. The van der Waals surface area contributed by atoms with E-state index in [-0.39, 0.29) is 0 Å². The van der Waals surface area contributed by atoms with E-state index in [4.69, 9.17) is 0 Å². The predicted octanol–water partition coefficient (Wildman–Crippen LogP) is 3.27. The summed E-state index contributed by atoms with van der Waals surface area (Å²) in [6, 6.07) is 18.8. The van der Waals surface area contributed by atoms with Gasteiger partial charge in [0.25, 0.3) is 0 Å². The van der Waals surface area contributed by atoms with E-state index in [1.165, 1.54) is 11.1 Å². The van der Waals surface area contributed by atoms with Gasteiger partial charge in [0.1, 0.15) is 0 Å². The van der Waals surface area contributed by atoms with Gasteiger partial charge in [-0.2, -0.15) is 0 Å². The summed E-state index contributed by atoms with van der Waals surface area (Å²) >= 11 is 0. The summed E-state index contributed by atoms with van der Waals surface area (Å²) in [5, 5.41) is 0. The lowest BCUT2D eigenvalue weighted by Crippen LogP contribution is -2.10. The van der Waals surface area contributed by atoms with Crippen LogP contribution >= 0.6 is 0 Å². The first kappa shape index (κ1) is 12.4. The third-order valence-corrected chi connectivity index (χ3v) is 2.62. The highest BCUT2D eigenvalue weighted by atomic mass is 15.0. The van der Waals surface area contributed by atoms with Gasteiger partial charge in [-0.25, -0.2) is 0 Å². The third-order valence-electron chi connectivity index (χ3n) is 2.62. The topological polar surface area (TPSA) is 3.24 Å². The Morgan fingerprint density at radius 2 is 1.44 bits per heavy atom. The maximum Gasteiger partial charge on any atom is 0.0600 e. The molecule has 0 saturated carbocycles. The summed E-state index contributed by atoms with van der Waals surface area (Å²) in [5.74, 6) is 6.30. The van der Waals surface area contributed by atoms with E-state index in [0.717, 1.165) is 12.1 Å². The number of benzene rings is 2. The van der Waals surface area contributed by atoms with Crippen molar-refractivity contribution in [1.29, 1.82) is 0 Å². The van der Waals surface area contributed by atoms with Crippen LogP contribution < -0.4 is 0 Å². The van der Waals surface area contributed by atoms with Gasteiger partial charge >= 0.3 is 0 Å². The number of hydrogen-bond acceptors (Lipinski definition) is 1. The van der Waals surface area contributed by atoms with E-state index >= 15 is 0 Å². The van der Waals surface area contributed by atoms with Gasteiger partial charge in [0, 0.05) is 5.56 Å². The molecule has 0 spiro atoms. The molecule has 0 heterocycles. The minimum Gasteiger partial charge on any atom is -0.299 e. The van der Waals surface area contributed by atoms with Gasteiger partial charge < -0.3 is 0 Å². The maximum atomic E-state index is 3.16. The lowest BCUT2D eigenvalue weighted by molar-refractivity contribution is 0.464. The van der Waals surface area contributed by atoms with Crippen LogP contribution in [0.15, 0.2) is 54.6 Å². The first-order valence-corrected chi connectivity index (χ1v) is 6.05. The number of nitrogens with zero attached hydrogens (tertiary/aromatic N) is 1. The minimum atomic E-state index is 0.792. The van der Waals surface area contributed by atoms with E-state index in [2.05, 4.69) is 65.3 Å². The first-order chi connectivity index (χ1) is 8.75. The fourth-order valence-electron chi connectivity index (χ4n) is 1.68. The number of hydrogen-bond donors (Lipinski definition) is 0. The molecule has 0 unspecified atom stereocenters. The molecule has 0 bridgehead atoms. The van der Waals surface area contributed by atoms with Gasteiger partial charge in [0.2, 0.25) is 0 Å². The fourth-order valence-corrected chi connectivity index (χ4v) is 1.68. The van der Waals surface area contributed by atoms with Crippen LogP contribution in [0.25, 0.3) is 11.1 Å². The van der Waals surface area contributed by atoms with Crippen LogP contribution in [0, 0.1) is 11.8 Å². The molecular formula is C17H17N. The standard InChI is InChI=1S/C17H17N/c1-18(2)14-6-7-15-10-12-17(13-11-15)16-8-4-3-5-9-16/h3-5,8-13H,14H2,1-2H3. The van der Waals surface area contributed by atoms with Crippen LogP contribution in [0.1, 0.15) is 5.56 Å². The van der Waals surface area contributed by atoms with Crippen molar-refractivity contribution in [3.8, 4) is 23.0 Å². The molecule has 90 valence electrons. The molecular weight excluding hydrogens is 218 g/mol.